The third-order valence-electron chi connectivity index (χ3n) is 4.35. The van der Waals surface area contributed by atoms with E-state index in [1.54, 1.807) is 6.08 Å². The zero-order valence-electron chi connectivity index (χ0n) is 14.1. The van der Waals surface area contributed by atoms with Crippen LogP contribution >= 0.6 is 6.89 Å². The van der Waals surface area contributed by atoms with Crippen molar-refractivity contribution in [3.63, 3.8) is 0 Å². The summed E-state index contributed by atoms with van der Waals surface area (Å²) in [7, 11) is 0. The molecule has 0 aromatic heterocycles. The van der Waals surface area contributed by atoms with Crippen molar-refractivity contribution in [2.24, 2.45) is 5.92 Å². The fourth-order valence-electron chi connectivity index (χ4n) is 2.99. The number of ether oxygens (including phenoxy) is 1. The van der Waals surface area contributed by atoms with Crippen molar-refractivity contribution in [1.82, 2.24) is 5.32 Å². The van der Waals surface area contributed by atoms with Gasteiger partial charge in [-0.1, -0.05) is 12.2 Å². The lowest BCUT2D eigenvalue weighted by molar-refractivity contribution is -0.136. The van der Waals surface area contributed by atoms with Gasteiger partial charge in [0.1, 0.15) is 18.3 Å². The number of hydrogen-bond donors (Lipinski definition) is 3. The highest BCUT2D eigenvalue weighted by atomic mass is 31.2. The molecule has 2 rings (SSSR count). The lowest BCUT2D eigenvalue weighted by Crippen LogP contribution is -2.48. The Morgan fingerprint density at radius 3 is 2.58 bits per heavy atom. The van der Waals surface area contributed by atoms with Crippen LogP contribution in [0.25, 0.3) is 0 Å². The van der Waals surface area contributed by atoms with Gasteiger partial charge in [-0.2, -0.15) is 0 Å². The van der Waals surface area contributed by atoms with Gasteiger partial charge in [0.05, 0.1) is 12.0 Å². The molecule has 2 aliphatic rings. The van der Waals surface area contributed by atoms with Crippen LogP contribution in [0.3, 0.4) is 0 Å². The Balaban J connectivity index is 2.15. The molecule has 6 nitrogen and oxygen atoms in total. The second-order valence-corrected chi connectivity index (χ2v) is 11.4. The lowest BCUT2D eigenvalue weighted by Gasteiger charge is -2.26. The number of aliphatic hydroxyl groups is 2. The predicted octanol–water partition coefficient (Wildman–Crippen LogP) is 0.350. The molecule has 3 N–H and O–H groups in total. The normalized spacial score (nSPS) is 34.0. The van der Waals surface area contributed by atoms with E-state index in [2.05, 4.69) is 31.5 Å². The van der Waals surface area contributed by atoms with Crippen molar-refractivity contribution in [1.29, 1.82) is 0 Å². The molecule has 134 valence electrons. The maximum absolute atomic E-state index is 12.1. The third kappa shape index (κ3) is 4.25. The Bertz CT molecular complexity index is 608. The Morgan fingerprint density at radius 1 is 1.33 bits per heavy atom. The summed E-state index contributed by atoms with van der Waals surface area (Å²) in [5, 5.41) is 22.8. The van der Waals surface area contributed by atoms with Crippen LogP contribution in [0.4, 0.5) is 0 Å². The van der Waals surface area contributed by atoms with E-state index in [-0.39, 0.29) is 0 Å². The summed E-state index contributed by atoms with van der Waals surface area (Å²) in [6, 6.07) is 0. The molecular weight excluding hydrogens is 329 g/mol. The Morgan fingerprint density at radius 2 is 2.00 bits per heavy atom. The zero-order valence-corrected chi connectivity index (χ0v) is 15.0. The summed E-state index contributed by atoms with van der Waals surface area (Å²) in [4.78, 5) is 23.9. The molecule has 7 heteroatoms. The maximum atomic E-state index is 12.1. The van der Waals surface area contributed by atoms with Gasteiger partial charge >= 0.3 is 0 Å². The molecule has 1 fully saturated rings. The van der Waals surface area contributed by atoms with Crippen LogP contribution in [-0.4, -0.2) is 72.2 Å². The third-order valence-corrected chi connectivity index (χ3v) is 5.82. The first-order chi connectivity index (χ1) is 11.1. The second kappa shape index (κ2) is 7.36. The van der Waals surface area contributed by atoms with Gasteiger partial charge in [-0.05, 0) is 32.3 Å². The van der Waals surface area contributed by atoms with E-state index >= 15 is 0 Å². The van der Waals surface area contributed by atoms with Crippen molar-refractivity contribution in [3.8, 4) is 0 Å². The van der Waals surface area contributed by atoms with Gasteiger partial charge in [0.2, 0.25) is 5.91 Å². The van der Waals surface area contributed by atoms with Gasteiger partial charge in [-0.15, -0.1) is 19.8 Å². The summed E-state index contributed by atoms with van der Waals surface area (Å²) in [6.07, 6.45) is 5.31. The number of amides is 2. The molecule has 2 amide bonds. The average Bonchev–Trinajstić information content (AvgIpc) is 2.75. The molecule has 1 saturated heterocycles. The van der Waals surface area contributed by atoms with Crippen LogP contribution in [0.1, 0.15) is 12.8 Å². The predicted molar refractivity (Wildman–Crippen MR) is 95.6 cm³/mol. The first-order valence-electron chi connectivity index (χ1n) is 8.00. The first-order valence-corrected chi connectivity index (χ1v) is 11.0. The van der Waals surface area contributed by atoms with Crippen molar-refractivity contribution >= 4 is 25.0 Å². The van der Waals surface area contributed by atoms with Crippen molar-refractivity contribution in [3.05, 3.63) is 24.3 Å². The van der Waals surface area contributed by atoms with Crippen LogP contribution in [-0.2, 0) is 14.3 Å². The fraction of sp³-hybridized carbons (Fsp3) is 0.588. The summed E-state index contributed by atoms with van der Waals surface area (Å²) >= 11 is 0. The van der Waals surface area contributed by atoms with E-state index in [1.807, 2.05) is 0 Å². The number of carbonyl (C=O) groups excluding carboxylic acids is 2. The summed E-state index contributed by atoms with van der Waals surface area (Å²) in [5.41, 5.74) is 0.410. The van der Waals surface area contributed by atoms with E-state index < -0.39 is 49.0 Å². The van der Waals surface area contributed by atoms with Crippen LogP contribution in [0.15, 0.2) is 24.3 Å². The van der Waals surface area contributed by atoms with E-state index in [0.29, 0.717) is 18.4 Å². The monoisotopic (exact) mass is 355 g/mol. The molecule has 24 heavy (non-hydrogen) atoms. The molecular formula is C17H26NO5P. The second-order valence-electron chi connectivity index (χ2n) is 7.10. The van der Waals surface area contributed by atoms with Gasteiger partial charge in [0.15, 0.2) is 0 Å². The van der Waals surface area contributed by atoms with Crippen molar-refractivity contribution in [2.45, 2.75) is 37.3 Å². The Hall–Kier alpha value is -1.20. The molecule has 2 heterocycles. The van der Waals surface area contributed by atoms with Crippen molar-refractivity contribution in [2.75, 3.05) is 19.5 Å². The van der Waals surface area contributed by atoms with Gasteiger partial charge in [0, 0.05) is 5.57 Å². The van der Waals surface area contributed by atoms with Crippen LogP contribution < -0.4 is 5.32 Å². The van der Waals surface area contributed by atoms with Crippen LogP contribution in [0, 0.1) is 5.92 Å². The number of allylic oxidation sites excluding steroid dienone is 1. The molecule has 0 spiro atoms. The lowest BCUT2D eigenvalue weighted by atomic mass is 9.89. The van der Waals surface area contributed by atoms with E-state index in [4.69, 9.17) is 4.74 Å². The number of carbonyl (C=O) groups is 2. The van der Waals surface area contributed by atoms with Gasteiger partial charge in [-0.25, -0.2) is 0 Å². The van der Waals surface area contributed by atoms with Gasteiger partial charge < -0.3 is 14.9 Å². The number of imide groups is 1. The highest BCUT2D eigenvalue weighted by Crippen LogP contribution is 2.39. The molecule has 0 bridgehead atoms. The summed E-state index contributed by atoms with van der Waals surface area (Å²) in [6.45, 7) is 6.49. The minimum Gasteiger partial charge on any atom is -0.388 e. The molecule has 2 aliphatic heterocycles. The quantitative estimate of drug-likeness (QED) is 0.363. The first kappa shape index (κ1) is 19.1. The van der Waals surface area contributed by atoms with Crippen LogP contribution in [0.5, 0.6) is 0 Å². The number of aliphatic hydroxyl groups excluding tert-OH is 2. The highest BCUT2D eigenvalue weighted by molar-refractivity contribution is 7.72. The average molecular weight is 355 g/mol. The van der Waals surface area contributed by atoms with E-state index in [1.165, 1.54) is 6.08 Å². The van der Waals surface area contributed by atoms with Gasteiger partial charge in [0.25, 0.3) is 5.91 Å². The Labute approximate surface area is 142 Å². The fourth-order valence-corrected chi connectivity index (χ4v) is 3.95. The smallest absolute Gasteiger partial charge is 0.253 e. The topological polar surface area (TPSA) is 95.9 Å². The van der Waals surface area contributed by atoms with Crippen LogP contribution in [0.2, 0.25) is 0 Å². The SMILES string of the molecule is C=CCC1=CC([C@@H]2O[C@H](CCP(=C)(C)C)[C@@H](O)[C@H]2O)C(=O)NC1=O. The molecule has 0 radical (unpaired) electrons. The minimum atomic E-state index is -1.28. The Kier molecular flexibility index (Phi) is 5.87. The molecule has 0 aliphatic carbocycles. The molecule has 0 saturated carbocycles. The summed E-state index contributed by atoms with van der Waals surface area (Å²) in [5.74, 6) is -1.78. The molecule has 0 aromatic carbocycles. The highest BCUT2D eigenvalue weighted by Gasteiger charge is 2.48. The molecule has 1 unspecified atom stereocenters. The molecule has 0 aromatic rings. The van der Waals surface area contributed by atoms with E-state index in [0.717, 1.165) is 6.16 Å². The molecule has 5 atom stereocenters. The number of nitrogens with one attached hydrogen (secondary N) is 1. The zero-order chi connectivity index (χ0) is 18.1. The van der Waals surface area contributed by atoms with Crippen molar-refractivity contribution < 1.29 is 24.5 Å². The maximum Gasteiger partial charge on any atom is 0.253 e. The standard InChI is InChI=1S/C17H26NO5P/c1-5-6-10-9-11(17(22)18-16(10)21)15-14(20)13(19)12(23-15)7-8-24(2,3)4/h5,9,11-15,19-20H,1-2,6-8H2,3-4H3,(H,18,21,22)/t11?,12-,13-,14-,15+/m1/s1. The number of hydrogen-bond acceptors (Lipinski definition) is 5. The minimum absolute atomic E-state index is 0.324. The summed E-state index contributed by atoms with van der Waals surface area (Å²) < 4.78 is 5.80. The largest absolute Gasteiger partial charge is 0.388 e. The van der Waals surface area contributed by atoms with Gasteiger partial charge in [-0.3, -0.25) is 14.9 Å². The van der Waals surface area contributed by atoms with E-state index in [9.17, 15) is 19.8 Å². The number of rotatable bonds is 6.